The predicted octanol–water partition coefficient (Wildman–Crippen LogP) is 4.91. The zero-order chi connectivity index (χ0) is 17.6. The molecule has 0 amide bonds. The second-order valence-corrected chi connectivity index (χ2v) is 8.08. The van der Waals surface area contributed by atoms with Gasteiger partial charge in [-0.15, -0.1) is 11.6 Å². The maximum Gasteiger partial charge on any atom is 0.354 e. The number of nitro benzene ring substituents is 1. The Bertz CT molecular complexity index is 607. The maximum atomic E-state index is 12.8. The molecule has 23 heavy (non-hydrogen) atoms. The molecule has 0 radical (unpaired) electrons. The molecule has 0 saturated carbocycles. The molecule has 0 bridgehead atoms. The number of aliphatic imine (C=N–C) groups is 1. The van der Waals surface area contributed by atoms with Crippen molar-refractivity contribution in [3.63, 3.8) is 0 Å². The van der Waals surface area contributed by atoms with Crippen LogP contribution in [-0.4, -0.2) is 28.5 Å². The molecule has 128 valence electrons. The van der Waals surface area contributed by atoms with Crippen LogP contribution in [-0.2, 0) is 13.6 Å². The van der Waals surface area contributed by atoms with Gasteiger partial charge in [-0.2, -0.15) is 0 Å². The van der Waals surface area contributed by atoms with Gasteiger partial charge in [0.2, 0.25) is 0 Å². The van der Waals surface area contributed by atoms with Crippen molar-refractivity contribution in [3.05, 3.63) is 34.4 Å². The molecule has 1 aromatic carbocycles. The Kier molecular flexibility index (Phi) is 7.35. The first kappa shape index (κ1) is 19.8. The van der Waals surface area contributed by atoms with E-state index in [4.69, 9.17) is 20.6 Å². The van der Waals surface area contributed by atoms with Gasteiger partial charge in [-0.1, -0.05) is 12.1 Å². The summed E-state index contributed by atoms with van der Waals surface area (Å²) in [6.45, 7) is 6.83. The van der Waals surface area contributed by atoms with E-state index < -0.39 is 17.6 Å². The van der Waals surface area contributed by atoms with E-state index in [9.17, 15) is 14.7 Å². The third kappa shape index (κ3) is 6.03. The smallest absolute Gasteiger partial charge is 0.305 e. The van der Waals surface area contributed by atoms with Gasteiger partial charge in [0.05, 0.1) is 17.1 Å². The molecule has 0 saturated heterocycles. The summed E-state index contributed by atoms with van der Waals surface area (Å²) in [6.07, 6.45) is 0.427. The Labute approximate surface area is 140 Å². The monoisotopic (exact) mass is 362 g/mol. The predicted molar refractivity (Wildman–Crippen MR) is 90.9 cm³/mol. The lowest BCUT2D eigenvalue weighted by Gasteiger charge is -2.24. The molecule has 0 heterocycles. The summed E-state index contributed by atoms with van der Waals surface area (Å²) in [4.78, 5) is 14.4. The second-order valence-electron chi connectivity index (χ2n) is 5.24. The van der Waals surface area contributed by atoms with Gasteiger partial charge in [0.25, 0.3) is 5.69 Å². The topological polar surface area (TPSA) is 91.0 Å². The molecule has 0 aliphatic heterocycles. The van der Waals surface area contributed by atoms with Gasteiger partial charge in [0.1, 0.15) is 5.69 Å². The Morgan fingerprint density at radius 2 is 1.74 bits per heavy atom. The Morgan fingerprint density at radius 3 is 2.22 bits per heavy atom. The maximum absolute atomic E-state index is 12.8. The first-order valence-corrected chi connectivity index (χ1v) is 9.08. The van der Waals surface area contributed by atoms with Gasteiger partial charge < -0.3 is 9.05 Å². The van der Waals surface area contributed by atoms with Crippen LogP contribution in [0.3, 0.4) is 0 Å². The minimum atomic E-state index is -3.65. The molecule has 0 aliphatic carbocycles. The van der Waals surface area contributed by atoms with Crippen molar-refractivity contribution in [2.75, 3.05) is 0 Å². The van der Waals surface area contributed by atoms with Crippen molar-refractivity contribution in [1.82, 2.24) is 0 Å². The van der Waals surface area contributed by atoms with E-state index >= 15 is 0 Å². The first-order chi connectivity index (χ1) is 10.7. The van der Waals surface area contributed by atoms with Gasteiger partial charge >= 0.3 is 7.60 Å². The SMILES string of the molecule is CC(C)OP(=O)(OC(C)C)C(Cl)C=Nc1ccccc1[N+](=O)[O-]. The van der Waals surface area contributed by atoms with Gasteiger partial charge in [0, 0.05) is 12.3 Å². The molecule has 0 aliphatic rings. The van der Waals surface area contributed by atoms with Crippen molar-refractivity contribution in [2.24, 2.45) is 4.99 Å². The standard InChI is InChI=1S/C14H20ClN2O5P/c1-10(2)21-23(20,22-11(3)4)14(15)9-16-12-7-5-6-8-13(12)17(18)19/h5-11,14H,1-4H3. The van der Waals surface area contributed by atoms with Crippen molar-refractivity contribution in [3.8, 4) is 0 Å². The molecule has 0 aromatic heterocycles. The molecule has 9 heteroatoms. The first-order valence-electron chi connectivity index (χ1n) is 7.04. The van der Waals surface area contributed by atoms with Crippen LogP contribution in [0.2, 0.25) is 0 Å². The van der Waals surface area contributed by atoms with Crippen LogP contribution in [0.15, 0.2) is 29.3 Å². The molecule has 0 fully saturated rings. The van der Waals surface area contributed by atoms with E-state index in [1.807, 2.05) is 0 Å². The van der Waals surface area contributed by atoms with E-state index in [-0.39, 0.29) is 23.6 Å². The fourth-order valence-corrected chi connectivity index (χ4v) is 3.70. The molecular formula is C14H20ClN2O5P. The number of nitro groups is 1. The number of hydrogen-bond donors (Lipinski definition) is 0. The van der Waals surface area contributed by atoms with E-state index in [1.165, 1.54) is 18.2 Å². The molecule has 1 aromatic rings. The minimum Gasteiger partial charge on any atom is -0.305 e. The van der Waals surface area contributed by atoms with Crippen LogP contribution in [0, 0.1) is 10.1 Å². The lowest BCUT2D eigenvalue weighted by Crippen LogP contribution is -2.15. The lowest BCUT2D eigenvalue weighted by molar-refractivity contribution is -0.384. The summed E-state index contributed by atoms with van der Waals surface area (Å²) in [5.41, 5.74) is -0.0548. The summed E-state index contributed by atoms with van der Waals surface area (Å²) in [5.74, 6) is 0. The number of halogens is 1. The minimum absolute atomic E-state index is 0.115. The molecule has 0 spiro atoms. The molecule has 1 unspecified atom stereocenters. The number of nitrogens with zero attached hydrogens (tertiary/aromatic N) is 2. The van der Waals surface area contributed by atoms with Crippen LogP contribution in [0.1, 0.15) is 27.7 Å². The normalized spacial score (nSPS) is 13.9. The van der Waals surface area contributed by atoms with Crippen molar-refractivity contribution < 1.29 is 18.5 Å². The highest BCUT2D eigenvalue weighted by molar-refractivity contribution is 7.57. The van der Waals surface area contributed by atoms with Gasteiger partial charge in [-0.3, -0.25) is 19.7 Å². The number of alkyl halides is 1. The average molecular weight is 363 g/mol. The zero-order valence-corrected chi connectivity index (χ0v) is 15.0. The van der Waals surface area contributed by atoms with E-state index in [1.54, 1.807) is 33.8 Å². The molecular weight excluding hydrogens is 343 g/mol. The van der Waals surface area contributed by atoms with Crippen LogP contribution in [0.5, 0.6) is 0 Å². The highest BCUT2D eigenvalue weighted by Gasteiger charge is 2.36. The van der Waals surface area contributed by atoms with E-state index in [2.05, 4.69) is 4.99 Å². The lowest BCUT2D eigenvalue weighted by atomic mass is 10.3. The van der Waals surface area contributed by atoms with Crippen molar-refractivity contribution >= 4 is 36.8 Å². The van der Waals surface area contributed by atoms with Crippen LogP contribution in [0.4, 0.5) is 11.4 Å². The molecule has 1 atom stereocenters. The quantitative estimate of drug-likeness (QED) is 0.215. The number of benzene rings is 1. The van der Waals surface area contributed by atoms with Gasteiger partial charge in [0.15, 0.2) is 5.12 Å². The van der Waals surface area contributed by atoms with E-state index in [0.29, 0.717) is 0 Å². The fraction of sp³-hybridized carbons (Fsp3) is 0.500. The highest BCUT2D eigenvalue weighted by Crippen LogP contribution is 2.56. The third-order valence-electron chi connectivity index (χ3n) is 2.43. The summed E-state index contributed by atoms with van der Waals surface area (Å²) in [6, 6.07) is 5.93. The van der Waals surface area contributed by atoms with Gasteiger partial charge in [-0.05, 0) is 33.8 Å². The number of para-hydroxylation sites is 2. The molecule has 1 rings (SSSR count). The highest BCUT2D eigenvalue weighted by atomic mass is 35.5. The van der Waals surface area contributed by atoms with Crippen molar-refractivity contribution in [2.45, 2.75) is 45.0 Å². The van der Waals surface area contributed by atoms with E-state index in [0.717, 1.165) is 6.21 Å². The Morgan fingerprint density at radius 1 is 1.22 bits per heavy atom. The van der Waals surface area contributed by atoms with Crippen LogP contribution < -0.4 is 0 Å². The van der Waals surface area contributed by atoms with Gasteiger partial charge in [-0.25, -0.2) is 0 Å². The Hall–Kier alpha value is -1.27. The summed E-state index contributed by atoms with van der Waals surface area (Å²) in [7, 11) is -3.65. The summed E-state index contributed by atoms with van der Waals surface area (Å²) in [5, 5.41) is 9.79. The number of hydrogen-bond acceptors (Lipinski definition) is 6. The fourth-order valence-electron chi connectivity index (χ4n) is 1.68. The largest absolute Gasteiger partial charge is 0.354 e. The Balaban J connectivity index is 3.05. The van der Waals surface area contributed by atoms with Crippen LogP contribution in [0.25, 0.3) is 0 Å². The third-order valence-corrected chi connectivity index (χ3v) is 5.43. The zero-order valence-electron chi connectivity index (χ0n) is 13.4. The summed E-state index contributed by atoms with van der Waals surface area (Å²) < 4.78 is 23.5. The number of rotatable bonds is 8. The average Bonchev–Trinajstić information content (AvgIpc) is 2.43. The second kappa shape index (κ2) is 8.55. The molecule has 0 N–H and O–H groups in total. The summed E-state index contributed by atoms with van der Waals surface area (Å²) >= 11 is 6.13. The van der Waals surface area contributed by atoms with Crippen molar-refractivity contribution in [1.29, 1.82) is 0 Å². The van der Waals surface area contributed by atoms with Crippen LogP contribution >= 0.6 is 19.2 Å². The molecule has 7 nitrogen and oxygen atoms in total.